The Morgan fingerprint density at radius 3 is 2.11 bits per heavy atom. The number of benzene rings is 1. The highest BCUT2D eigenvalue weighted by Gasteiger charge is 2.36. The van der Waals surface area contributed by atoms with E-state index in [1.807, 2.05) is 0 Å². The van der Waals surface area contributed by atoms with Gasteiger partial charge in [-0.3, -0.25) is 29.1 Å². The van der Waals surface area contributed by atoms with Crippen LogP contribution in [0.5, 0.6) is 5.75 Å². The number of nitrogen functional groups attached to an aromatic ring is 1. The van der Waals surface area contributed by atoms with Crippen molar-refractivity contribution in [3.8, 4) is 5.75 Å². The zero-order chi connectivity index (χ0) is 26.5. The molecule has 2 atom stereocenters. The van der Waals surface area contributed by atoms with Crippen LogP contribution in [0.3, 0.4) is 0 Å². The molecule has 1 aliphatic rings. The average molecular weight is 512 g/mol. The average Bonchev–Trinajstić information content (AvgIpc) is 2.80. The molecule has 1 saturated heterocycles. The second-order valence-electron chi connectivity index (χ2n) is 8.66. The molecule has 1 heterocycles. The number of hydrogen-bond acceptors (Lipinski definition) is 10. The van der Waals surface area contributed by atoms with Crippen LogP contribution in [0.1, 0.15) is 12.8 Å². The smallest absolute Gasteiger partial charge is 0.317 e. The van der Waals surface area contributed by atoms with Gasteiger partial charge in [-0.15, -0.1) is 0 Å². The molecule has 7 N–H and O–H groups in total. The van der Waals surface area contributed by atoms with Crippen molar-refractivity contribution in [2.24, 2.45) is 0 Å². The summed E-state index contributed by atoms with van der Waals surface area (Å²) in [5.41, 5.74) is 6.31. The molecule has 1 aromatic rings. The maximum atomic E-state index is 11.8. The Labute approximate surface area is 210 Å². The molecule has 0 spiro atoms. The van der Waals surface area contributed by atoms with Crippen LogP contribution >= 0.6 is 0 Å². The molecule has 202 valence electrons. The number of anilines is 1. The molecule has 0 bridgehead atoms. The molecular formula is C23H37N5O8. The zero-order valence-corrected chi connectivity index (χ0v) is 20.3. The van der Waals surface area contributed by atoms with Gasteiger partial charge in [-0.1, -0.05) is 0 Å². The molecule has 2 rings (SSSR count). The lowest BCUT2D eigenvalue weighted by Gasteiger charge is -2.42. The van der Waals surface area contributed by atoms with E-state index in [1.165, 1.54) is 0 Å². The molecular weight excluding hydrogens is 474 g/mol. The molecule has 0 aromatic heterocycles. The van der Waals surface area contributed by atoms with Gasteiger partial charge < -0.3 is 36.2 Å². The van der Waals surface area contributed by atoms with E-state index in [-0.39, 0.29) is 32.8 Å². The lowest BCUT2D eigenvalue weighted by molar-refractivity contribution is -0.146. The largest absolute Gasteiger partial charge is 0.480 e. The Morgan fingerprint density at radius 1 is 0.889 bits per heavy atom. The predicted octanol–water partition coefficient (Wildman–Crippen LogP) is -1.12. The summed E-state index contributed by atoms with van der Waals surface area (Å²) in [4.78, 5) is 40.0. The summed E-state index contributed by atoms with van der Waals surface area (Å²) in [5.74, 6) is -2.72. The second kappa shape index (κ2) is 15.2. The maximum absolute atomic E-state index is 11.8. The third kappa shape index (κ3) is 10.3. The third-order valence-corrected chi connectivity index (χ3v) is 5.87. The first-order valence-corrected chi connectivity index (χ1v) is 11.9. The van der Waals surface area contributed by atoms with Gasteiger partial charge in [0.05, 0.1) is 25.7 Å². The summed E-state index contributed by atoms with van der Waals surface area (Å²) >= 11 is 0. The quantitative estimate of drug-likeness (QED) is 0.196. The lowest BCUT2D eigenvalue weighted by atomic mass is 10.1. The van der Waals surface area contributed by atoms with Crippen molar-refractivity contribution in [2.75, 3.05) is 71.2 Å². The molecule has 2 unspecified atom stereocenters. The summed E-state index contributed by atoms with van der Waals surface area (Å²) < 4.78 is 6.30. The molecule has 0 radical (unpaired) electrons. The van der Waals surface area contributed by atoms with Gasteiger partial charge >= 0.3 is 17.9 Å². The van der Waals surface area contributed by atoms with Crippen LogP contribution in [-0.4, -0.2) is 131 Å². The molecule has 1 aromatic carbocycles. The fourth-order valence-corrected chi connectivity index (χ4v) is 4.21. The number of aliphatic carboxylic acids is 3. The van der Waals surface area contributed by atoms with Gasteiger partial charge in [0.15, 0.2) is 6.23 Å². The number of hydrogen-bond donors (Lipinski definition) is 6. The Hall–Kier alpha value is -2.97. The zero-order valence-electron chi connectivity index (χ0n) is 20.3. The minimum absolute atomic E-state index is 0.129. The Bertz CT molecular complexity index is 840. The number of nitrogens with zero attached hydrogens (tertiary/aromatic N) is 3. The van der Waals surface area contributed by atoms with Crippen molar-refractivity contribution >= 4 is 23.6 Å². The number of ether oxygens (including phenoxy) is 1. The number of nitrogens with one attached hydrogen (secondary N) is 1. The van der Waals surface area contributed by atoms with Crippen LogP contribution < -0.4 is 15.8 Å². The van der Waals surface area contributed by atoms with Crippen LogP contribution in [0.4, 0.5) is 5.69 Å². The molecule has 0 amide bonds. The molecule has 36 heavy (non-hydrogen) atoms. The van der Waals surface area contributed by atoms with E-state index in [0.29, 0.717) is 50.5 Å². The first-order valence-electron chi connectivity index (χ1n) is 11.9. The van der Waals surface area contributed by atoms with Gasteiger partial charge in [-0.2, -0.15) is 0 Å². The number of aliphatic hydroxyl groups is 1. The molecule has 1 aliphatic heterocycles. The van der Waals surface area contributed by atoms with Gasteiger partial charge in [0.1, 0.15) is 5.75 Å². The number of aliphatic hydroxyl groups excluding tert-OH is 1. The van der Waals surface area contributed by atoms with Crippen molar-refractivity contribution in [2.45, 2.75) is 25.1 Å². The van der Waals surface area contributed by atoms with Crippen LogP contribution in [-0.2, 0) is 14.4 Å². The molecule has 0 aliphatic carbocycles. The van der Waals surface area contributed by atoms with Gasteiger partial charge in [0, 0.05) is 51.6 Å². The number of rotatable bonds is 11. The second-order valence-corrected chi connectivity index (χ2v) is 8.66. The Balaban J connectivity index is 2.50. The molecule has 13 nitrogen and oxygen atoms in total. The van der Waals surface area contributed by atoms with Crippen molar-refractivity contribution in [3.05, 3.63) is 24.3 Å². The monoisotopic (exact) mass is 511 g/mol. The predicted molar refractivity (Wildman–Crippen MR) is 131 cm³/mol. The first-order chi connectivity index (χ1) is 17.2. The molecule has 13 heteroatoms. The van der Waals surface area contributed by atoms with Crippen LogP contribution in [0.25, 0.3) is 0 Å². The Morgan fingerprint density at radius 2 is 1.50 bits per heavy atom. The summed E-state index contributed by atoms with van der Waals surface area (Å²) in [5, 5.41) is 41.3. The number of carbonyl (C=O) groups is 3. The van der Waals surface area contributed by atoms with Gasteiger partial charge in [-0.05, 0) is 37.1 Å². The number of nitrogens with two attached hydrogens (primary N) is 1. The summed E-state index contributed by atoms with van der Waals surface area (Å²) in [7, 11) is 0. The molecule has 1 fully saturated rings. The highest BCUT2D eigenvalue weighted by atomic mass is 16.5. The van der Waals surface area contributed by atoms with E-state index in [9.17, 15) is 34.8 Å². The van der Waals surface area contributed by atoms with Crippen LogP contribution in [0.2, 0.25) is 0 Å². The Kier molecular flexibility index (Phi) is 12.4. The standard InChI is InChI=1S/C23H37N5O8/c24-17-3-5-18(6-4-17)36-23-19(2-1-13-29)27(15-21(32)33)10-8-25-7-9-26(14-20(30)31)11-12-28(23)16-22(34)35/h3-6,19,23,25,29H,1-2,7-16,24H2,(H,30,31)(H,32,33)(H,34,35). The van der Waals surface area contributed by atoms with E-state index in [4.69, 9.17) is 10.5 Å². The summed E-state index contributed by atoms with van der Waals surface area (Å²) in [6, 6.07) is 5.99. The summed E-state index contributed by atoms with van der Waals surface area (Å²) in [6.07, 6.45) is -0.206. The van der Waals surface area contributed by atoms with E-state index >= 15 is 0 Å². The number of carboxylic acids is 3. The van der Waals surface area contributed by atoms with Crippen molar-refractivity contribution in [1.29, 1.82) is 0 Å². The minimum atomic E-state index is -1.11. The first kappa shape index (κ1) is 29.3. The van der Waals surface area contributed by atoms with E-state index in [2.05, 4.69) is 5.32 Å². The third-order valence-electron chi connectivity index (χ3n) is 5.87. The topological polar surface area (TPSA) is 189 Å². The van der Waals surface area contributed by atoms with Crippen LogP contribution in [0, 0.1) is 0 Å². The van der Waals surface area contributed by atoms with Gasteiger partial charge in [0.2, 0.25) is 0 Å². The normalized spacial score (nSPS) is 21.2. The fraction of sp³-hybridized carbons (Fsp3) is 0.609. The van der Waals surface area contributed by atoms with E-state index in [0.717, 1.165) is 0 Å². The van der Waals surface area contributed by atoms with Gasteiger partial charge in [-0.25, -0.2) is 0 Å². The fourth-order valence-electron chi connectivity index (χ4n) is 4.21. The van der Waals surface area contributed by atoms with Crippen molar-refractivity contribution < 1.29 is 39.5 Å². The lowest BCUT2D eigenvalue weighted by Crippen LogP contribution is -2.59. The molecule has 0 saturated carbocycles. The highest BCUT2D eigenvalue weighted by molar-refractivity contribution is 5.70. The van der Waals surface area contributed by atoms with Crippen molar-refractivity contribution in [3.63, 3.8) is 0 Å². The van der Waals surface area contributed by atoms with Crippen LogP contribution in [0.15, 0.2) is 24.3 Å². The van der Waals surface area contributed by atoms with Crippen molar-refractivity contribution in [1.82, 2.24) is 20.0 Å². The minimum Gasteiger partial charge on any atom is -0.480 e. The number of carboxylic acid groups (broad SMARTS) is 3. The highest BCUT2D eigenvalue weighted by Crippen LogP contribution is 2.23. The van der Waals surface area contributed by atoms with Gasteiger partial charge in [0.25, 0.3) is 0 Å². The SMILES string of the molecule is Nc1ccc(OC2C(CCCO)N(CC(=O)O)CCNCCN(CC(=O)O)CCN2CC(=O)O)cc1. The van der Waals surface area contributed by atoms with E-state index in [1.54, 1.807) is 39.0 Å². The van der Waals surface area contributed by atoms with E-state index < -0.39 is 36.7 Å². The summed E-state index contributed by atoms with van der Waals surface area (Å²) in [6.45, 7) is 1.04. The maximum Gasteiger partial charge on any atom is 0.317 e.